The third kappa shape index (κ3) is 2.31. The lowest BCUT2D eigenvalue weighted by Gasteiger charge is -2.06. The minimum absolute atomic E-state index is 0.968. The number of nitrogens with zero attached hydrogens (tertiary/aromatic N) is 2. The van der Waals surface area contributed by atoms with Crippen molar-refractivity contribution < 1.29 is 0 Å². The molecule has 0 bridgehead atoms. The zero-order chi connectivity index (χ0) is 14.9. The first-order valence-corrected chi connectivity index (χ1v) is 8.19. The van der Waals surface area contributed by atoms with E-state index in [1.54, 1.807) is 0 Å². The molecule has 2 heterocycles. The van der Waals surface area contributed by atoms with E-state index in [4.69, 9.17) is 4.98 Å². The highest BCUT2D eigenvalue weighted by Gasteiger charge is 2.15. The lowest BCUT2D eigenvalue weighted by molar-refractivity contribution is 1.19. The average Bonchev–Trinajstić information content (AvgIpc) is 2.95. The fourth-order valence-corrected chi connectivity index (χ4v) is 3.25. The highest BCUT2D eigenvalue weighted by atomic mass is 127. The van der Waals surface area contributed by atoms with Crippen molar-refractivity contribution in [1.29, 1.82) is 0 Å². The predicted octanol–water partition coefficient (Wildman–Crippen LogP) is 5.27. The average molecular weight is 396 g/mol. The van der Waals surface area contributed by atoms with Crippen LogP contribution in [0.5, 0.6) is 0 Å². The number of benzene rings is 2. The second kappa shape index (κ2) is 5.57. The number of aromatic nitrogens is 2. The highest BCUT2D eigenvalue weighted by Crippen LogP contribution is 2.33. The van der Waals surface area contributed by atoms with Crippen LogP contribution in [0.15, 0.2) is 79.0 Å². The Kier molecular flexibility index (Phi) is 3.42. The first-order chi connectivity index (χ1) is 10.8. The summed E-state index contributed by atoms with van der Waals surface area (Å²) in [5, 5.41) is 0. The topological polar surface area (TPSA) is 17.3 Å². The molecule has 0 spiro atoms. The Morgan fingerprint density at radius 1 is 0.773 bits per heavy atom. The first-order valence-electron chi connectivity index (χ1n) is 7.11. The van der Waals surface area contributed by atoms with Crippen molar-refractivity contribution >= 4 is 28.2 Å². The monoisotopic (exact) mass is 396 g/mol. The van der Waals surface area contributed by atoms with E-state index in [0.29, 0.717) is 0 Å². The van der Waals surface area contributed by atoms with E-state index < -0.39 is 0 Å². The Bertz CT molecular complexity index is 942. The largest absolute Gasteiger partial charge is 0.299 e. The summed E-state index contributed by atoms with van der Waals surface area (Å²) in [6.07, 6.45) is 2.07. The number of pyridine rings is 1. The Labute approximate surface area is 142 Å². The molecule has 0 aliphatic rings. The van der Waals surface area contributed by atoms with Gasteiger partial charge in [0.05, 0.1) is 11.4 Å². The molecule has 0 radical (unpaired) electrons. The fraction of sp³-hybridized carbons (Fsp3) is 0. The van der Waals surface area contributed by atoms with Gasteiger partial charge in [-0.1, -0.05) is 48.5 Å². The van der Waals surface area contributed by atoms with Crippen LogP contribution in [0, 0.1) is 3.57 Å². The zero-order valence-corrected chi connectivity index (χ0v) is 13.9. The third-order valence-corrected chi connectivity index (χ3v) is 4.35. The van der Waals surface area contributed by atoms with Crippen LogP contribution in [-0.2, 0) is 0 Å². The van der Waals surface area contributed by atoms with E-state index in [9.17, 15) is 0 Å². The quantitative estimate of drug-likeness (QED) is 0.422. The third-order valence-electron chi connectivity index (χ3n) is 3.68. The van der Waals surface area contributed by atoms with Gasteiger partial charge in [0.1, 0.15) is 5.65 Å². The van der Waals surface area contributed by atoms with Gasteiger partial charge in [0.2, 0.25) is 0 Å². The SMILES string of the molecule is Ic1cccc(-c2nc3ccccn3c2-c2ccccc2)c1. The molecule has 2 aromatic carbocycles. The van der Waals surface area contributed by atoms with E-state index in [1.165, 1.54) is 9.13 Å². The number of hydrogen-bond acceptors (Lipinski definition) is 1. The Hall–Kier alpha value is -2.14. The van der Waals surface area contributed by atoms with Crippen molar-refractivity contribution in [3.63, 3.8) is 0 Å². The molecule has 106 valence electrons. The summed E-state index contributed by atoms with van der Waals surface area (Å²) in [5.74, 6) is 0. The maximum Gasteiger partial charge on any atom is 0.137 e. The number of imidazole rings is 1. The minimum atomic E-state index is 0.968. The lowest BCUT2D eigenvalue weighted by atomic mass is 10.1. The second-order valence-corrected chi connectivity index (χ2v) is 6.36. The summed E-state index contributed by atoms with van der Waals surface area (Å²) >= 11 is 2.34. The normalized spacial score (nSPS) is 11.0. The lowest BCUT2D eigenvalue weighted by Crippen LogP contribution is -1.89. The first kappa shape index (κ1) is 13.5. The molecule has 0 amide bonds. The molecule has 0 saturated heterocycles. The van der Waals surface area contributed by atoms with Gasteiger partial charge in [-0.05, 0) is 46.9 Å². The van der Waals surface area contributed by atoms with Crippen molar-refractivity contribution in [3.05, 3.63) is 82.6 Å². The molecular formula is C19H13IN2. The summed E-state index contributed by atoms with van der Waals surface area (Å²) in [6.45, 7) is 0. The molecule has 0 aliphatic heterocycles. The highest BCUT2D eigenvalue weighted by molar-refractivity contribution is 14.1. The summed E-state index contributed by atoms with van der Waals surface area (Å²) < 4.78 is 3.37. The van der Waals surface area contributed by atoms with Crippen molar-refractivity contribution in [2.24, 2.45) is 0 Å². The van der Waals surface area contributed by atoms with Gasteiger partial charge in [0.15, 0.2) is 0 Å². The Morgan fingerprint density at radius 2 is 1.55 bits per heavy atom. The van der Waals surface area contributed by atoms with Crippen molar-refractivity contribution in [2.45, 2.75) is 0 Å². The van der Waals surface area contributed by atoms with Crippen LogP contribution in [0.1, 0.15) is 0 Å². The predicted molar refractivity (Wildman–Crippen MR) is 98.8 cm³/mol. The van der Waals surface area contributed by atoms with Crippen LogP contribution in [0.25, 0.3) is 28.2 Å². The van der Waals surface area contributed by atoms with Crippen LogP contribution >= 0.6 is 22.6 Å². The Balaban J connectivity index is 2.06. The van der Waals surface area contributed by atoms with Crippen molar-refractivity contribution in [2.75, 3.05) is 0 Å². The van der Waals surface area contributed by atoms with Gasteiger partial charge in [-0.3, -0.25) is 4.40 Å². The van der Waals surface area contributed by atoms with E-state index in [2.05, 4.69) is 81.7 Å². The molecule has 0 aliphatic carbocycles. The van der Waals surface area contributed by atoms with E-state index in [1.807, 2.05) is 24.3 Å². The number of rotatable bonds is 2. The smallest absolute Gasteiger partial charge is 0.137 e. The molecule has 0 atom stereocenters. The van der Waals surface area contributed by atoms with E-state index in [-0.39, 0.29) is 0 Å². The Morgan fingerprint density at radius 3 is 2.36 bits per heavy atom. The molecule has 4 rings (SSSR count). The number of fused-ring (bicyclic) bond motifs is 1. The van der Waals surface area contributed by atoms with Gasteiger partial charge in [-0.25, -0.2) is 4.98 Å². The van der Waals surface area contributed by atoms with Crippen LogP contribution in [-0.4, -0.2) is 9.38 Å². The molecule has 2 nitrogen and oxygen atoms in total. The van der Waals surface area contributed by atoms with E-state index >= 15 is 0 Å². The van der Waals surface area contributed by atoms with Gasteiger partial charge in [-0.2, -0.15) is 0 Å². The van der Waals surface area contributed by atoms with Crippen LogP contribution in [0.4, 0.5) is 0 Å². The summed E-state index contributed by atoms with van der Waals surface area (Å²) in [7, 11) is 0. The van der Waals surface area contributed by atoms with Crippen LogP contribution in [0.3, 0.4) is 0 Å². The van der Waals surface area contributed by atoms with Crippen molar-refractivity contribution in [3.8, 4) is 22.5 Å². The van der Waals surface area contributed by atoms with E-state index in [0.717, 1.165) is 22.6 Å². The number of halogens is 1. The molecule has 0 fully saturated rings. The van der Waals surface area contributed by atoms with Gasteiger partial charge in [0.25, 0.3) is 0 Å². The summed E-state index contributed by atoms with van der Waals surface area (Å²) in [5.41, 5.74) is 5.45. The zero-order valence-electron chi connectivity index (χ0n) is 11.8. The molecule has 3 heteroatoms. The molecule has 2 aromatic heterocycles. The molecule has 22 heavy (non-hydrogen) atoms. The number of hydrogen-bond donors (Lipinski definition) is 0. The fourth-order valence-electron chi connectivity index (χ4n) is 2.70. The second-order valence-electron chi connectivity index (χ2n) is 5.11. The van der Waals surface area contributed by atoms with Gasteiger partial charge < -0.3 is 0 Å². The van der Waals surface area contributed by atoms with Crippen LogP contribution < -0.4 is 0 Å². The minimum Gasteiger partial charge on any atom is -0.299 e. The summed E-state index contributed by atoms with van der Waals surface area (Å²) in [6, 6.07) is 25.0. The summed E-state index contributed by atoms with van der Waals surface area (Å²) in [4.78, 5) is 4.86. The maximum atomic E-state index is 4.86. The van der Waals surface area contributed by atoms with Crippen LogP contribution in [0.2, 0.25) is 0 Å². The molecule has 0 N–H and O–H groups in total. The van der Waals surface area contributed by atoms with Crippen molar-refractivity contribution in [1.82, 2.24) is 9.38 Å². The maximum absolute atomic E-state index is 4.86. The van der Waals surface area contributed by atoms with Gasteiger partial charge in [-0.15, -0.1) is 0 Å². The standard InChI is InChI=1S/C19H13IN2/c20-16-10-6-9-15(13-16)18-19(14-7-2-1-3-8-14)22-12-5-4-11-17(22)21-18/h1-13H. The van der Waals surface area contributed by atoms with Gasteiger partial charge in [0, 0.05) is 20.9 Å². The van der Waals surface area contributed by atoms with Gasteiger partial charge >= 0.3 is 0 Å². The molecular weight excluding hydrogens is 383 g/mol. The molecule has 0 saturated carbocycles. The molecule has 4 aromatic rings. The molecule has 0 unspecified atom stereocenters.